The summed E-state index contributed by atoms with van der Waals surface area (Å²) in [4.78, 5) is 35.2. The Morgan fingerprint density at radius 1 is 0.400 bits per heavy atom. The molecule has 0 aliphatic heterocycles. The molecule has 2 atom stereocenters. The average Bonchev–Trinajstić information content (AvgIpc) is 3.40. The van der Waals surface area contributed by atoms with Crippen LogP contribution in [0.3, 0.4) is 0 Å². The van der Waals surface area contributed by atoms with E-state index in [1.165, 1.54) is 135 Å². The number of rotatable bonds is 57. The third kappa shape index (κ3) is 60.0. The maximum absolute atomic E-state index is 12.7. The van der Waals surface area contributed by atoms with Crippen molar-refractivity contribution in [2.24, 2.45) is 5.73 Å². The summed E-state index contributed by atoms with van der Waals surface area (Å²) in [5, 5.41) is 0. The first-order chi connectivity index (χ1) is 36.8. The van der Waals surface area contributed by atoms with Gasteiger partial charge >= 0.3 is 19.8 Å². The fourth-order valence-corrected chi connectivity index (χ4v) is 9.27. The fourth-order valence-electron chi connectivity index (χ4n) is 8.50. The van der Waals surface area contributed by atoms with E-state index in [2.05, 4.69) is 111 Å². The van der Waals surface area contributed by atoms with E-state index in [1.807, 2.05) is 0 Å². The fraction of sp³-hybridized carbons (Fsp3) is 0.723. The van der Waals surface area contributed by atoms with Gasteiger partial charge in [-0.1, -0.05) is 265 Å². The minimum absolute atomic E-state index is 0.0473. The number of hydrogen-bond donors (Lipinski definition) is 2. The molecular formula is C65H114NO8P. The molecule has 432 valence electrons. The Balaban J connectivity index is 3.84. The molecule has 0 aliphatic carbocycles. The number of ether oxygens (including phenoxy) is 2. The third-order valence-corrected chi connectivity index (χ3v) is 13.9. The molecule has 0 radical (unpaired) electrons. The van der Waals surface area contributed by atoms with E-state index in [4.69, 9.17) is 24.3 Å². The summed E-state index contributed by atoms with van der Waals surface area (Å²) in [6, 6.07) is 0. The number of phosphoric acid groups is 1. The average molecular weight is 1070 g/mol. The van der Waals surface area contributed by atoms with Gasteiger partial charge in [-0.05, 0) is 89.9 Å². The van der Waals surface area contributed by atoms with E-state index in [0.717, 1.165) is 96.3 Å². The maximum atomic E-state index is 12.7. The van der Waals surface area contributed by atoms with Gasteiger partial charge in [0.1, 0.15) is 6.61 Å². The van der Waals surface area contributed by atoms with Crippen LogP contribution >= 0.6 is 7.82 Å². The molecule has 0 rings (SSSR count). The van der Waals surface area contributed by atoms with Crippen molar-refractivity contribution in [3.8, 4) is 0 Å². The van der Waals surface area contributed by atoms with Gasteiger partial charge in [-0.15, -0.1) is 0 Å². The first kappa shape index (κ1) is 71.9. The van der Waals surface area contributed by atoms with Crippen LogP contribution in [0.5, 0.6) is 0 Å². The minimum Gasteiger partial charge on any atom is -0.462 e. The number of carbonyl (C=O) groups is 2. The highest BCUT2D eigenvalue weighted by molar-refractivity contribution is 7.47. The van der Waals surface area contributed by atoms with E-state index in [9.17, 15) is 19.0 Å². The Bertz CT molecular complexity index is 1550. The number of hydrogen-bond acceptors (Lipinski definition) is 8. The van der Waals surface area contributed by atoms with Crippen molar-refractivity contribution in [1.82, 2.24) is 0 Å². The van der Waals surface area contributed by atoms with Crippen LogP contribution in [-0.4, -0.2) is 49.3 Å². The lowest BCUT2D eigenvalue weighted by Crippen LogP contribution is -2.29. The molecule has 0 saturated carbocycles. The molecule has 0 aromatic rings. The van der Waals surface area contributed by atoms with Crippen LogP contribution in [0, 0.1) is 0 Å². The number of phosphoric ester groups is 1. The predicted octanol–water partition coefficient (Wildman–Crippen LogP) is 19.6. The Hall–Kier alpha value is -3.07. The van der Waals surface area contributed by atoms with Crippen LogP contribution < -0.4 is 5.73 Å². The number of esters is 2. The van der Waals surface area contributed by atoms with E-state index in [-0.39, 0.29) is 32.6 Å². The van der Waals surface area contributed by atoms with Crippen molar-refractivity contribution in [2.45, 2.75) is 277 Å². The minimum atomic E-state index is -4.40. The molecule has 2 unspecified atom stereocenters. The first-order valence-electron chi connectivity index (χ1n) is 30.7. The highest BCUT2D eigenvalue weighted by Crippen LogP contribution is 2.43. The molecule has 10 heteroatoms. The number of unbranched alkanes of at least 4 members (excludes halogenated alkanes) is 28. The second-order valence-corrected chi connectivity index (χ2v) is 21.6. The van der Waals surface area contributed by atoms with Gasteiger partial charge in [-0.2, -0.15) is 0 Å². The molecule has 75 heavy (non-hydrogen) atoms. The van der Waals surface area contributed by atoms with Crippen molar-refractivity contribution >= 4 is 19.8 Å². The monoisotopic (exact) mass is 1070 g/mol. The lowest BCUT2D eigenvalue weighted by atomic mass is 10.0. The second kappa shape index (κ2) is 60.2. The van der Waals surface area contributed by atoms with Gasteiger partial charge in [-0.3, -0.25) is 18.6 Å². The molecule has 0 amide bonds. The molecular weight excluding hydrogens is 954 g/mol. The van der Waals surface area contributed by atoms with Crippen LogP contribution in [0.15, 0.2) is 97.2 Å². The van der Waals surface area contributed by atoms with Gasteiger partial charge < -0.3 is 20.1 Å². The zero-order valence-corrected chi connectivity index (χ0v) is 49.2. The predicted molar refractivity (Wildman–Crippen MR) is 321 cm³/mol. The highest BCUT2D eigenvalue weighted by atomic mass is 31.2. The molecule has 0 heterocycles. The summed E-state index contributed by atoms with van der Waals surface area (Å²) in [5.74, 6) is -0.851. The zero-order chi connectivity index (χ0) is 54.5. The molecule has 0 fully saturated rings. The van der Waals surface area contributed by atoms with Gasteiger partial charge in [0.05, 0.1) is 13.2 Å². The second-order valence-electron chi connectivity index (χ2n) is 20.2. The molecule has 0 aromatic carbocycles. The normalized spacial score (nSPS) is 13.7. The zero-order valence-electron chi connectivity index (χ0n) is 48.3. The summed E-state index contributed by atoms with van der Waals surface area (Å²) >= 11 is 0. The number of allylic oxidation sites excluding steroid dienone is 16. The number of nitrogens with two attached hydrogens (primary N) is 1. The van der Waals surface area contributed by atoms with Crippen LogP contribution in [0.25, 0.3) is 0 Å². The van der Waals surface area contributed by atoms with Crippen molar-refractivity contribution in [3.63, 3.8) is 0 Å². The standard InChI is InChI=1S/C65H114NO8P/c1-3-5-7-9-11-13-15-17-19-21-22-23-24-25-26-27-28-29-30-31-32-33-34-35-36-37-38-39-40-42-44-46-48-50-52-54-56-58-65(68)74-63(62-73-75(69,70)72-60-59-66)61-71-64(67)57-55-53-51-49-47-45-43-41-20-18-16-14-12-10-8-6-4-2/h5-8,11-14,17-20,22-23,43,45,63H,3-4,9-10,15-16,21,24-42,44,46-62,66H2,1-2H3,(H,69,70)/b7-5-,8-6-,13-11-,14-12-,19-17-,20-18-,23-22-,45-43-. The topological polar surface area (TPSA) is 134 Å². The third-order valence-electron chi connectivity index (χ3n) is 13.0. The van der Waals surface area contributed by atoms with E-state index in [0.29, 0.717) is 12.8 Å². The summed E-state index contributed by atoms with van der Waals surface area (Å²) in [6.07, 6.45) is 80.7. The molecule has 0 saturated heterocycles. The molecule has 0 aliphatic rings. The van der Waals surface area contributed by atoms with Crippen LogP contribution in [0.2, 0.25) is 0 Å². The maximum Gasteiger partial charge on any atom is 0.472 e. The SMILES string of the molecule is CC/C=C\C/C=C\C/C=C\C/C=C\CCCCCCCCCCCCCCCCCCCCCCCCCCC(=O)OC(COC(=O)CCCCCC/C=C\C/C=C\C/C=C\C/C=C\CC)COP(=O)(O)OCCN. The van der Waals surface area contributed by atoms with Crippen LogP contribution in [0.4, 0.5) is 0 Å². The van der Waals surface area contributed by atoms with Gasteiger partial charge in [-0.25, -0.2) is 4.57 Å². The molecule has 0 spiro atoms. The van der Waals surface area contributed by atoms with Crippen LogP contribution in [0.1, 0.15) is 271 Å². The van der Waals surface area contributed by atoms with Crippen molar-refractivity contribution in [2.75, 3.05) is 26.4 Å². The van der Waals surface area contributed by atoms with Crippen molar-refractivity contribution in [3.05, 3.63) is 97.2 Å². The molecule has 0 bridgehead atoms. The van der Waals surface area contributed by atoms with Gasteiger partial charge in [0.25, 0.3) is 0 Å². The Labute approximate surface area is 461 Å². The Morgan fingerprint density at radius 3 is 1.03 bits per heavy atom. The lowest BCUT2D eigenvalue weighted by Gasteiger charge is -2.19. The largest absolute Gasteiger partial charge is 0.472 e. The summed E-state index contributed by atoms with van der Waals surface area (Å²) in [5.41, 5.74) is 5.38. The Kier molecular flexibility index (Phi) is 57.7. The van der Waals surface area contributed by atoms with Gasteiger partial charge in [0, 0.05) is 19.4 Å². The number of carbonyl (C=O) groups excluding carboxylic acids is 2. The summed E-state index contributed by atoms with van der Waals surface area (Å²) in [6.45, 7) is 3.50. The highest BCUT2D eigenvalue weighted by Gasteiger charge is 2.26. The van der Waals surface area contributed by atoms with E-state index >= 15 is 0 Å². The lowest BCUT2D eigenvalue weighted by molar-refractivity contribution is -0.161. The molecule has 0 aromatic heterocycles. The molecule has 3 N–H and O–H groups in total. The molecule has 9 nitrogen and oxygen atoms in total. The Morgan fingerprint density at radius 2 is 0.693 bits per heavy atom. The smallest absolute Gasteiger partial charge is 0.462 e. The van der Waals surface area contributed by atoms with Crippen molar-refractivity contribution < 1.29 is 37.6 Å². The first-order valence-corrected chi connectivity index (χ1v) is 32.2. The summed E-state index contributed by atoms with van der Waals surface area (Å²) in [7, 11) is -4.40. The van der Waals surface area contributed by atoms with E-state index < -0.39 is 32.5 Å². The van der Waals surface area contributed by atoms with Gasteiger partial charge in [0.2, 0.25) is 0 Å². The summed E-state index contributed by atoms with van der Waals surface area (Å²) < 4.78 is 33.0. The quantitative estimate of drug-likeness (QED) is 0.0264. The van der Waals surface area contributed by atoms with Crippen molar-refractivity contribution in [1.29, 1.82) is 0 Å². The van der Waals surface area contributed by atoms with E-state index in [1.54, 1.807) is 0 Å². The van der Waals surface area contributed by atoms with Crippen LogP contribution in [-0.2, 0) is 32.7 Å². The van der Waals surface area contributed by atoms with Gasteiger partial charge in [0.15, 0.2) is 6.10 Å².